The summed E-state index contributed by atoms with van der Waals surface area (Å²) in [6, 6.07) is 3.92. The predicted octanol–water partition coefficient (Wildman–Crippen LogP) is 1.84. The van der Waals surface area contributed by atoms with Crippen LogP contribution in [0.25, 0.3) is 0 Å². The Morgan fingerprint density at radius 3 is 2.64 bits per heavy atom. The monoisotopic (exact) mass is 197 g/mol. The van der Waals surface area contributed by atoms with Crippen LogP contribution >= 0.6 is 0 Å². The number of hydrogen-bond acceptors (Lipinski definition) is 3. The Kier molecular flexibility index (Phi) is 3.72. The van der Waals surface area contributed by atoms with Gasteiger partial charge in [-0.15, -0.1) is 0 Å². The minimum absolute atomic E-state index is 0.0462. The van der Waals surface area contributed by atoms with Crippen LogP contribution in [0, 0.1) is 6.92 Å². The molecule has 1 aromatic rings. The molecule has 0 bridgehead atoms. The zero-order chi connectivity index (χ0) is 10.6. The lowest BCUT2D eigenvalue weighted by Gasteiger charge is -2.24. The van der Waals surface area contributed by atoms with Crippen LogP contribution in [0.1, 0.15) is 31.8 Å². The summed E-state index contributed by atoms with van der Waals surface area (Å²) in [5, 5.41) is 12.2. The van der Waals surface area contributed by atoms with Crippen molar-refractivity contribution in [3.05, 3.63) is 23.7 Å². The van der Waals surface area contributed by atoms with Gasteiger partial charge in [0.05, 0.1) is 6.54 Å². The first-order chi connectivity index (χ1) is 6.53. The molecular weight excluding hydrogens is 178 g/mol. The highest BCUT2D eigenvalue weighted by Crippen LogP contribution is 2.11. The Labute approximate surface area is 85.1 Å². The molecule has 3 heteroatoms. The summed E-state index contributed by atoms with van der Waals surface area (Å²) in [6.07, 6.45) is 0.743. The Bertz CT molecular complexity index is 279. The van der Waals surface area contributed by atoms with Crippen LogP contribution in [0.4, 0.5) is 0 Å². The molecule has 3 nitrogen and oxygen atoms in total. The van der Waals surface area contributed by atoms with Gasteiger partial charge in [0.1, 0.15) is 11.5 Å². The topological polar surface area (TPSA) is 45.4 Å². The molecule has 1 rings (SSSR count). The van der Waals surface area contributed by atoms with Gasteiger partial charge in [0.2, 0.25) is 0 Å². The van der Waals surface area contributed by atoms with Crippen LogP contribution in [-0.4, -0.2) is 17.3 Å². The highest BCUT2D eigenvalue weighted by Gasteiger charge is 2.16. The number of aliphatic hydroxyl groups is 1. The lowest BCUT2D eigenvalue weighted by molar-refractivity contribution is 0.227. The van der Waals surface area contributed by atoms with Crippen LogP contribution in [0.2, 0.25) is 0 Å². The molecule has 1 aromatic heterocycles. The van der Waals surface area contributed by atoms with Gasteiger partial charge < -0.3 is 14.8 Å². The summed E-state index contributed by atoms with van der Waals surface area (Å²) in [5.74, 6) is 1.87. The zero-order valence-corrected chi connectivity index (χ0v) is 9.13. The van der Waals surface area contributed by atoms with E-state index in [1.807, 2.05) is 19.1 Å². The minimum atomic E-state index is -0.0462. The van der Waals surface area contributed by atoms with Gasteiger partial charge in [-0.3, -0.25) is 0 Å². The van der Waals surface area contributed by atoms with Crippen LogP contribution in [0.3, 0.4) is 0 Å². The van der Waals surface area contributed by atoms with Crippen molar-refractivity contribution in [2.75, 3.05) is 6.61 Å². The van der Waals surface area contributed by atoms with Gasteiger partial charge in [0.15, 0.2) is 0 Å². The number of aliphatic hydroxyl groups excluding tert-OH is 1. The normalized spacial score (nSPS) is 12.0. The first-order valence-electron chi connectivity index (χ1n) is 4.95. The van der Waals surface area contributed by atoms with E-state index < -0.39 is 0 Å². The summed E-state index contributed by atoms with van der Waals surface area (Å²) >= 11 is 0. The standard InChI is InChI=1S/C11H19NO2/c1-9-4-5-10(14-9)8-12-11(2,3)6-7-13/h4-5,12-13H,6-8H2,1-3H3. The summed E-state index contributed by atoms with van der Waals surface area (Å²) < 4.78 is 5.43. The van der Waals surface area contributed by atoms with E-state index in [0.29, 0.717) is 6.54 Å². The van der Waals surface area contributed by atoms with Gasteiger partial charge in [0.25, 0.3) is 0 Å². The molecule has 2 N–H and O–H groups in total. The van der Waals surface area contributed by atoms with Crippen LogP contribution in [-0.2, 0) is 6.54 Å². The zero-order valence-electron chi connectivity index (χ0n) is 9.13. The van der Waals surface area contributed by atoms with E-state index in [4.69, 9.17) is 9.52 Å². The molecule has 0 spiro atoms. The molecule has 0 saturated heterocycles. The van der Waals surface area contributed by atoms with Crippen molar-refractivity contribution >= 4 is 0 Å². The summed E-state index contributed by atoms with van der Waals surface area (Å²) in [5.41, 5.74) is -0.0462. The van der Waals surface area contributed by atoms with E-state index in [-0.39, 0.29) is 12.1 Å². The quantitative estimate of drug-likeness (QED) is 0.757. The van der Waals surface area contributed by atoms with E-state index >= 15 is 0 Å². The van der Waals surface area contributed by atoms with E-state index in [0.717, 1.165) is 17.9 Å². The summed E-state index contributed by atoms with van der Waals surface area (Å²) in [4.78, 5) is 0. The van der Waals surface area contributed by atoms with Crippen molar-refractivity contribution in [1.29, 1.82) is 0 Å². The Balaban J connectivity index is 2.40. The number of furan rings is 1. The lowest BCUT2D eigenvalue weighted by Crippen LogP contribution is -2.39. The average molecular weight is 197 g/mol. The van der Waals surface area contributed by atoms with Crippen molar-refractivity contribution in [3.8, 4) is 0 Å². The molecular formula is C11H19NO2. The fourth-order valence-corrected chi connectivity index (χ4v) is 1.27. The van der Waals surface area contributed by atoms with Crippen LogP contribution < -0.4 is 5.32 Å². The third-order valence-electron chi connectivity index (χ3n) is 2.27. The lowest BCUT2D eigenvalue weighted by atomic mass is 10.0. The first kappa shape index (κ1) is 11.3. The van der Waals surface area contributed by atoms with Gasteiger partial charge in [0, 0.05) is 12.1 Å². The van der Waals surface area contributed by atoms with Gasteiger partial charge in [-0.2, -0.15) is 0 Å². The Morgan fingerprint density at radius 1 is 1.43 bits per heavy atom. The summed E-state index contributed by atoms with van der Waals surface area (Å²) in [7, 11) is 0. The van der Waals surface area contributed by atoms with Crippen LogP contribution in [0.5, 0.6) is 0 Å². The molecule has 0 unspecified atom stereocenters. The molecule has 1 heterocycles. The van der Waals surface area contributed by atoms with Gasteiger partial charge >= 0.3 is 0 Å². The summed E-state index contributed by atoms with van der Waals surface area (Å²) in [6.45, 7) is 6.98. The van der Waals surface area contributed by atoms with E-state index in [9.17, 15) is 0 Å². The molecule has 80 valence electrons. The number of hydrogen-bond donors (Lipinski definition) is 2. The number of aryl methyl sites for hydroxylation is 1. The molecule has 0 aliphatic heterocycles. The fraction of sp³-hybridized carbons (Fsp3) is 0.636. The second-order valence-corrected chi connectivity index (χ2v) is 4.22. The average Bonchev–Trinajstić information content (AvgIpc) is 2.48. The van der Waals surface area contributed by atoms with Crippen molar-refractivity contribution in [3.63, 3.8) is 0 Å². The van der Waals surface area contributed by atoms with Crippen molar-refractivity contribution in [2.45, 2.75) is 39.3 Å². The molecule has 0 fully saturated rings. The second kappa shape index (κ2) is 4.62. The predicted molar refractivity (Wildman–Crippen MR) is 56.1 cm³/mol. The van der Waals surface area contributed by atoms with E-state index in [1.165, 1.54) is 0 Å². The molecule has 0 aliphatic rings. The maximum Gasteiger partial charge on any atom is 0.117 e. The fourth-order valence-electron chi connectivity index (χ4n) is 1.27. The van der Waals surface area contributed by atoms with Crippen LogP contribution in [0.15, 0.2) is 16.5 Å². The highest BCUT2D eigenvalue weighted by molar-refractivity contribution is 5.05. The second-order valence-electron chi connectivity index (χ2n) is 4.22. The van der Waals surface area contributed by atoms with Gasteiger partial charge in [-0.05, 0) is 39.3 Å². The van der Waals surface area contributed by atoms with Gasteiger partial charge in [-0.1, -0.05) is 0 Å². The van der Waals surface area contributed by atoms with E-state index in [1.54, 1.807) is 0 Å². The van der Waals surface area contributed by atoms with E-state index in [2.05, 4.69) is 19.2 Å². The first-order valence-corrected chi connectivity index (χ1v) is 4.95. The molecule has 0 aliphatic carbocycles. The molecule has 0 atom stereocenters. The SMILES string of the molecule is Cc1ccc(CNC(C)(C)CCO)o1. The van der Waals surface area contributed by atoms with Crippen molar-refractivity contribution in [2.24, 2.45) is 0 Å². The molecule has 0 saturated carbocycles. The minimum Gasteiger partial charge on any atom is -0.465 e. The van der Waals surface area contributed by atoms with Crippen molar-refractivity contribution < 1.29 is 9.52 Å². The molecule has 14 heavy (non-hydrogen) atoms. The maximum absolute atomic E-state index is 8.84. The maximum atomic E-state index is 8.84. The molecule has 0 radical (unpaired) electrons. The largest absolute Gasteiger partial charge is 0.465 e. The molecule has 0 aromatic carbocycles. The highest BCUT2D eigenvalue weighted by atomic mass is 16.3. The van der Waals surface area contributed by atoms with Crippen molar-refractivity contribution in [1.82, 2.24) is 5.32 Å². The third kappa shape index (κ3) is 3.52. The third-order valence-corrected chi connectivity index (χ3v) is 2.27. The number of rotatable bonds is 5. The number of nitrogens with one attached hydrogen (secondary N) is 1. The Morgan fingerprint density at radius 2 is 2.14 bits per heavy atom. The smallest absolute Gasteiger partial charge is 0.117 e. The molecule has 0 amide bonds. The van der Waals surface area contributed by atoms with Gasteiger partial charge in [-0.25, -0.2) is 0 Å². The Hall–Kier alpha value is -0.800.